The van der Waals surface area contributed by atoms with Crippen molar-refractivity contribution in [1.82, 2.24) is 0 Å². The second kappa shape index (κ2) is 9.05. The number of aromatic hydroxyl groups is 1. The van der Waals surface area contributed by atoms with Crippen LogP contribution in [0.2, 0.25) is 0 Å². The van der Waals surface area contributed by atoms with Crippen LogP contribution in [-0.2, 0) is 10.0 Å². The molecule has 0 saturated carbocycles. The van der Waals surface area contributed by atoms with E-state index in [2.05, 4.69) is 5.32 Å². The third kappa shape index (κ3) is 4.77. The van der Waals surface area contributed by atoms with Crippen LogP contribution in [0.1, 0.15) is 25.5 Å². The Morgan fingerprint density at radius 1 is 1.06 bits per heavy atom. The third-order valence-corrected chi connectivity index (χ3v) is 6.73. The normalized spacial score (nSPS) is 12.2. The molecule has 31 heavy (non-hydrogen) atoms. The predicted octanol–water partition coefficient (Wildman–Crippen LogP) is 4.69. The molecule has 0 fully saturated rings. The van der Waals surface area contributed by atoms with Crippen molar-refractivity contribution in [3.63, 3.8) is 0 Å². The fourth-order valence-electron chi connectivity index (χ4n) is 3.27. The Kier molecular flexibility index (Phi) is 6.45. The number of para-hydroxylation sites is 1. The van der Waals surface area contributed by atoms with Crippen molar-refractivity contribution >= 4 is 27.1 Å². The minimum atomic E-state index is -4.00. The van der Waals surface area contributed by atoms with Crippen molar-refractivity contribution in [2.75, 3.05) is 16.2 Å². The molecule has 162 valence electrons. The second-order valence-corrected chi connectivity index (χ2v) is 8.76. The molecule has 1 unspecified atom stereocenters. The van der Waals surface area contributed by atoms with Crippen LogP contribution in [-0.4, -0.2) is 25.0 Å². The summed E-state index contributed by atoms with van der Waals surface area (Å²) < 4.78 is 27.6. The zero-order valence-electron chi connectivity index (χ0n) is 17.1. The van der Waals surface area contributed by atoms with Crippen LogP contribution in [0.15, 0.2) is 77.7 Å². The third-order valence-electron chi connectivity index (χ3n) is 4.83. The van der Waals surface area contributed by atoms with Gasteiger partial charge in [0.1, 0.15) is 11.4 Å². The summed E-state index contributed by atoms with van der Waals surface area (Å²) in [6, 6.07) is 18.6. The molecule has 0 aromatic heterocycles. The lowest BCUT2D eigenvalue weighted by atomic mass is 10.1. The Morgan fingerprint density at radius 2 is 1.77 bits per heavy atom. The molecule has 0 radical (unpaired) electrons. The molecule has 0 heterocycles. The van der Waals surface area contributed by atoms with Crippen molar-refractivity contribution in [3.8, 4) is 5.75 Å². The summed E-state index contributed by atoms with van der Waals surface area (Å²) in [6.07, 6.45) is 0. The van der Waals surface area contributed by atoms with Crippen molar-refractivity contribution in [3.05, 3.63) is 88.5 Å². The van der Waals surface area contributed by atoms with Gasteiger partial charge in [0.15, 0.2) is 0 Å². The van der Waals surface area contributed by atoms with E-state index in [-0.39, 0.29) is 34.6 Å². The van der Waals surface area contributed by atoms with Crippen LogP contribution in [0.4, 0.5) is 17.1 Å². The Hall–Kier alpha value is -3.59. The topological polar surface area (TPSA) is 113 Å². The van der Waals surface area contributed by atoms with Gasteiger partial charge in [-0.05, 0) is 55.8 Å². The highest BCUT2D eigenvalue weighted by Gasteiger charge is 2.27. The number of nitro groups is 1. The molecule has 8 nitrogen and oxygen atoms in total. The van der Waals surface area contributed by atoms with E-state index in [9.17, 15) is 23.6 Å². The number of benzene rings is 3. The molecule has 3 rings (SSSR count). The van der Waals surface area contributed by atoms with Crippen molar-refractivity contribution in [2.45, 2.75) is 24.8 Å². The molecule has 0 aliphatic carbocycles. The average molecular weight is 442 g/mol. The van der Waals surface area contributed by atoms with Crippen LogP contribution in [0, 0.1) is 10.1 Å². The number of phenols is 1. The number of anilines is 2. The number of nitrogens with one attached hydrogen (secondary N) is 1. The van der Waals surface area contributed by atoms with Gasteiger partial charge in [-0.15, -0.1) is 0 Å². The van der Waals surface area contributed by atoms with E-state index in [0.717, 1.165) is 11.6 Å². The quantitative estimate of drug-likeness (QED) is 0.387. The summed E-state index contributed by atoms with van der Waals surface area (Å²) in [7, 11) is -4.00. The average Bonchev–Trinajstić information content (AvgIpc) is 2.74. The SMILES string of the molecule is CCN(c1ccccc1)S(=O)(=O)c1ccc(NC(C)c2cccc(O)c2)c([N+](=O)[O-])c1. The Morgan fingerprint density at radius 3 is 2.39 bits per heavy atom. The number of rotatable bonds is 8. The maximum atomic E-state index is 13.2. The lowest BCUT2D eigenvalue weighted by Gasteiger charge is -2.23. The summed E-state index contributed by atoms with van der Waals surface area (Å²) >= 11 is 0. The molecular formula is C22H23N3O5S. The highest BCUT2D eigenvalue weighted by Crippen LogP contribution is 2.33. The zero-order chi connectivity index (χ0) is 22.6. The van der Waals surface area contributed by atoms with Crippen LogP contribution < -0.4 is 9.62 Å². The molecule has 0 amide bonds. The van der Waals surface area contributed by atoms with E-state index < -0.39 is 14.9 Å². The van der Waals surface area contributed by atoms with Gasteiger partial charge < -0.3 is 10.4 Å². The number of nitro benzene ring substituents is 1. The molecule has 3 aromatic rings. The summed E-state index contributed by atoms with van der Waals surface area (Å²) in [5.74, 6) is 0.0858. The highest BCUT2D eigenvalue weighted by molar-refractivity contribution is 7.92. The minimum Gasteiger partial charge on any atom is -0.508 e. The Balaban J connectivity index is 1.97. The van der Waals surface area contributed by atoms with Crippen LogP contribution >= 0.6 is 0 Å². The van der Waals surface area contributed by atoms with E-state index in [0.29, 0.717) is 5.69 Å². The summed E-state index contributed by atoms with van der Waals surface area (Å²) in [5.41, 5.74) is 1.04. The summed E-state index contributed by atoms with van der Waals surface area (Å²) in [5, 5.41) is 24.4. The van der Waals surface area contributed by atoms with Gasteiger partial charge in [0.05, 0.1) is 15.5 Å². The first kappa shape index (κ1) is 22.1. The molecule has 2 N–H and O–H groups in total. The number of hydrogen-bond donors (Lipinski definition) is 2. The minimum absolute atomic E-state index is 0.0858. The van der Waals surface area contributed by atoms with E-state index >= 15 is 0 Å². The van der Waals surface area contributed by atoms with Crippen molar-refractivity contribution in [1.29, 1.82) is 0 Å². The van der Waals surface area contributed by atoms with E-state index in [4.69, 9.17) is 0 Å². The molecule has 0 aliphatic heterocycles. The van der Waals surface area contributed by atoms with E-state index in [1.165, 1.54) is 22.5 Å². The Bertz CT molecular complexity index is 1180. The number of hydrogen-bond acceptors (Lipinski definition) is 6. The van der Waals surface area contributed by atoms with Crippen molar-refractivity contribution in [2.24, 2.45) is 0 Å². The van der Waals surface area contributed by atoms with Gasteiger partial charge in [-0.2, -0.15) is 0 Å². The molecular weight excluding hydrogens is 418 g/mol. The van der Waals surface area contributed by atoms with Gasteiger partial charge in [-0.25, -0.2) is 8.42 Å². The second-order valence-electron chi connectivity index (χ2n) is 6.90. The first-order chi connectivity index (χ1) is 14.7. The summed E-state index contributed by atoms with van der Waals surface area (Å²) in [4.78, 5) is 10.9. The fourth-order valence-corrected chi connectivity index (χ4v) is 4.76. The lowest BCUT2D eigenvalue weighted by Crippen LogP contribution is -2.30. The maximum Gasteiger partial charge on any atom is 0.293 e. The maximum absolute atomic E-state index is 13.2. The molecule has 9 heteroatoms. The van der Waals surface area contributed by atoms with Gasteiger partial charge >= 0.3 is 0 Å². The highest BCUT2D eigenvalue weighted by atomic mass is 32.2. The number of nitrogens with zero attached hydrogens (tertiary/aromatic N) is 2. The Labute approximate surface area is 181 Å². The van der Waals surface area contributed by atoms with Gasteiger partial charge in [0, 0.05) is 18.7 Å². The van der Waals surface area contributed by atoms with E-state index in [1.807, 2.05) is 0 Å². The molecule has 0 aliphatic rings. The monoisotopic (exact) mass is 441 g/mol. The van der Waals surface area contributed by atoms with Crippen LogP contribution in [0.25, 0.3) is 0 Å². The largest absolute Gasteiger partial charge is 0.508 e. The molecule has 1 atom stereocenters. The molecule has 0 bridgehead atoms. The lowest BCUT2D eigenvalue weighted by molar-refractivity contribution is -0.384. The standard InChI is InChI=1S/C22H23N3O5S/c1-3-24(18-9-5-4-6-10-18)31(29,30)20-12-13-21(22(15-20)25(27)28)23-16(2)17-8-7-11-19(26)14-17/h4-16,23,26H,3H2,1-2H3. The fraction of sp³-hybridized carbons (Fsp3) is 0.182. The van der Waals surface area contributed by atoms with Gasteiger partial charge in [0.2, 0.25) is 0 Å². The van der Waals surface area contributed by atoms with E-state index in [1.54, 1.807) is 62.4 Å². The molecule has 0 saturated heterocycles. The predicted molar refractivity (Wildman–Crippen MR) is 120 cm³/mol. The number of phenolic OH excluding ortho intramolecular Hbond substituents is 1. The first-order valence-electron chi connectivity index (χ1n) is 9.65. The zero-order valence-corrected chi connectivity index (χ0v) is 17.9. The summed E-state index contributed by atoms with van der Waals surface area (Å²) in [6.45, 7) is 3.66. The van der Waals surface area contributed by atoms with Gasteiger partial charge in [-0.1, -0.05) is 30.3 Å². The van der Waals surface area contributed by atoms with Gasteiger partial charge in [0.25, 0.3) is 15.7 Å². The molecule has 3 aromatic carbocycles. The van der Waals surface area contributed by atoms with Crippen LogP contribution in [0.5, 0.6) is 5.75 Å². The number of sulfonamides is 1. The smallest absolute Gasteiger partial charge is 0.293 e. The van der Waals surface area contributed by atoms with Crippen molar-refractivity contribution < 1.29 is 18.4 Å². The van der Waals surface area contributed by atoms with Crippen LogP contribution in [0.3, 0.4) is 0 Å². The van der Waals surface area contributed by atoms with Gasteiger partial charge in [-0.3, -0.25) is 14.4 Å². The first-order valence-corrected chi connectivity index (χ1v) is 11.1. The molecule has 0 spiro atoms.